The van der Waals surface area contributed by atoms with Gasteiger partial charge in [-0.2, -0.15) is 5.10 Å². The van der Waals surface area contributed by atoms with Crippen LogP contribution < -0.4 is 4.72 Å². The van der Waals surface area contributed by atoms with Gasteiger partial charge in [-0.3, -0.25) is 9.40 Å². The molecule has 0 amide bonds. The van der Waals surface area contributed by atoms with Gasteiger partial charge < -0.3 is 0 Å². The van der Waals surface area contributed by atoms with Gasteiger partial charge in [-0.25, -0.2) is 8.42 Å². The number of nitrogens with one attached hydrogen (secondary N) is 1. The van der Waals surface area contributed by atoms with E-state index in [0.717, 1.165) is 24.0 Å². The standard InChI is InChI=1S/C19H21N3O2S/c1-2-4-16-7-11-19(12-8-16)25(23,24)21-18-9-5-17(6-10-18)15-22-14-3-13-20-22/h3,5-14,21H,2,4,15H2,1H3. The van der Waals surface area contributed by atoms with E-state index in [2.05, 4.69) is 16.7 Å². The van der Waals surface area contributed by atoms with Gasteiger partial charge in [0, 0.05) is 18.1 Å². The summed E-state index contributed by atoms with van der Waals surface area (Å²) in [4.78, 5) is 0.271. The Hall–Kier alpha value is -2.60. The summed E-state index contributed by atoms with van der Waals surface area (Å²) in [5, 5.41) is 4.16. The van der Waals surface area contributed by atoms with Crippen LogP contribution in [0.2, 0.25) is 0 Å². The molecule has 0 aliphatic heterocycles. The van der Waals surface area contributed by atoms with Crippen molar-refractivity contribution in [3.05, 3.63) is 78.1 Å². The van der Waals surface area contributed by atoms with Gasteiger partial charge in [0.25, 0.3) is 10.0 Å². The predicted molar refractivity (Wildman–Crippen MR) is 99.0 cm³/mol. The first-order chi connectivity index (χ1) is 12.1. The third kappa shape index (κ3) is 4.48. The van der Waals surface area contributed by atoms with E-state index in [4.69, 9.17) is 0 Å². The van der Waals surface area contributed by atoms with E-state index in [-0.39, 0.29) is 4.90 Å². The maximum atomic E-state index is 12.5. The summed E-state index contributed by atoms with van der Waals surface area (Å²) in [6, 6.07) is 16.2. The SMILES string of the molecule is CCCc1ccc(S(=O)(=O)Nc2ccc(Cn3cccn3)cc2)cc1. The lowest BCUT2D eigenvalue weighted by Gasteiger charge is -2.10. The summed E-state index contributed by atoms with van der Waals surface area (Å²) in [7, 11) is -3.58. The van der Waals surface area contributed by atoms with E-state index in [1.807, 2.05) is 41.2 Å². The monoisotopic (exact) mass is 355 g/mol. The minimum Gasteiger partial charge on any atom is -0.280 e. The second-order valence-corrected chi connectivity index (χ2v) is 7.58. The smallest absolute Gasteiger partial charge is 0.261 e. The molecule has 3 rings (SSSR count). The minimum atomic E-state index is -3.58. The summed E-state index contributed by atoms with van der Waals surface area (Å²) < 4.78 is 29.4. The Morgan fingerprint density at radius 2 is 1.68 bits per heavy atom. The molecule has 5 nitrogen and oxygen atoms in total. The molecule has 1 N–H and O–H groups in total. The Bertz CT molecular complexity index is 900. The maximum Gasteiger partial charge on any atom is 0.261 e. The van der Waals surface area contributed by atoms with Crippen LogP contribution in [-0.4, -0.2) is 18.2 Å². The average Bonchev–Trinajstić information content (AvgIpc) is 3.10. The minimum absolute atomic E-state index is 0.271. The summed E-state index contributed by atoms with van der Waals surface area (Å²) >= 11 is 0. The quantitative estimate of drug-likeness (QED) is 0.703. The number of rotatable bonds is 7. The van der Waals surface area contributed by atoms with Crippen LogP contribution in [0.1, 0.15) is 24.5 Å². The Kier molecular flexibility index (Phi) is 5.19. The molecule has 6 heteroatoms. The zero-order valence-electron chi connectivity index (χ0n) is 14.1. The number of aromatic nitrogens is 2. The third-order valence-corrected chi connectivity index (χ3v) is 5.28. The fourth-order valence-corrected chi connectivity index (χ4v) is 3.66. The van der Waals surface area contributed by atoms with Crippen LogP contribution in [0.15, 0.2) is 71.9 Å². The number of nitrogens with zero attached hydrogens (tertiary/aromatic N) is 2. The van der Waals surface area contributed by atoms with Crippen LogP contribution in [0.3, 0.4) is 0 Å². The fraction of sp³-hybridized carbons (Fsp3) is 0.211. The number of anilines is 1. The summed E-state index contributed by atoms with van der Waals surface area (Å²) in [5.74, 6) is 0. The molecule has 1 heterocycles. The van der Waals surface area contributed by atoms with Gasteiger partial charge in [-0.1, -0.05) is 37.6 Å². The number of hydrogen-bond acceptors (Lipinski definition) is 3. The molecule has 0 aliphatic carbocycles. The number of aryl methyl sites for hydroxylation is 1. The molecular weight excluding hydrogens is 334 g/mol. The van der Waals surface area contributed by atoms with Gasteiger partial charge in [0.05, 0.1) is 11.4 Å². The van der Waals surface area contributed by atoms with E-state index in [1.165, 1.54) is 0 Å². The maximum absolute atomic E-state index is 12.5. The molecule has 0 bridgehead atoms. The van der Waals surface area contributed by atoms with Crippen LogP contribution in [-0.2, 0) is 23.0 Å². The topological polar surface area (TPSA) is 64.0 Å². The molecule has 3 aromatic rings. The Balaban J connectivity index is 1.69. The highest BCUT2D eigenvalue weighted by Crippen LogP contribution is 2.18. The Morgan fingerprint density at radius 3 is 2.28 bits per heavy atom. The summed E-state index contributed by atoms with van der Waals surface area (Å²) in [6.07, 6.45) is 5.60. The summed E-state index contributed by atoms with van der Waals surface area (Å²) in [6.45, 7) is 2.75. The van der Waals surface area contributed by atoms with Crippen molar-refractivity contribution < 1.29 is 8.42 Å². The Morgan fingerprint density at radius 1 is 1.00 bits per heavy atom. The predicted octanol–water partition coefficient (Wildman–Crippen LogP) is 3.68. The third-order valence-electron chi connectivity index (χ3n) is 3.88. The lowest BCUT2D eigenvalue weighted by atomic mass is 10.1. The number of sulfonamides is 1. The molecule has 0 unspecified atom stereocenters. The van der Waals surface area contributed by atoms with E-state index in [1.54, 1.807) is 30.5 Å². The zero-order valence-corrected chi connectivity index (χ0v) is 14.9. The van der Waals surface area contributed by atoms with Gasteiger partial charge in [0.1, 0.15) is 0 Å². The van der Waals surface area contributed by atoms with Crippen molar-refractivity contribution in [2.24, 2.45) is 0 Å². The molecule has 0 fully saturated rings. The van der Waals surface area contributed by atoms with Crippen LogP contribution >= 0.6 is 0 Å². The second kappa shape index (κ2) is 7.53. The molecule has 1 aromatic heterocycles. The zero-order chi connectivity index (χ0) is 17.7. The highest BCUT2D eigenvalue weighted by molar-refractivity contribution is 7.92. The van der Waals surface area contributed by atoms with Crippen molar-refractivity contribution in [1.29, 1.82) is 0 Å². The normalized spacial score (nSPS) is 11.4. The van der Waals surface area contributed by atoms with Crippen molar-refractivity contribution in [2.75, 3.05) is 4.72 Å². The van der Waals surface area contributed by atoms with Crippen molar-refractivity contribution >= 4 is 15.7 Å². The highest BCUT2D eigenvalue weighted by Gasteiger charge is 2.14. The number of benzene rings is 2. The molecule has 0 aliphatic rings. The van der Waals surface area contributed by atoms with Gasteiger partial charge in [-0.15, -0.1) is 0 Å². The lowest BCUT2D eigenvalue weighted by molar-refractivity contribution is 0.601. The van der Waals surface area contributed by atoms with E-state index >= 15 is 0 Å². The van der Waals surface area contributed by atoms with Crippen LogP contribution in [0.5, 0.6) is 0 Å². The van der Waals surface area contributed by atoms with Gasteiger partial charge in [-0.05, 0) is 47.9 Å². The molecule has 0 radical (unpaired) electrons. The lowest BCUT2D eigenvalue weighted by Crippen LogP contribution is -2.13. The van der Waals surface area contributed by atoms with Gasteiger partial charge >= 0.3 is 0 Å². The molecular formula is C19H21N3O2S. The van der Waals surface area contributed by atoms with Crippen molar-refractivity contribution in [2.45, 2.75) is 31.2 Å². The largest absolute Gasteiger partial charge is 0.280 e. The molecule has 25 heavy (non-hydrogen) atoms. The number of hydrogen-bond donors (Lipinski definition) is 1. The highest BCUT2D eigenvalue weighted by atomic mass is 32.2. The second-order valence-electron chi connectivity index (χ2n) is 5.90. The van der Waals surface area contributed by atoms with Crippen LogP contribution in [0.25, 0.3) is 0 Å². The molecule has 130 valence electrons. The van der Waals surface area contributed by atoms with Gasteiger partial charge in [0.15, 0.2) is 0 Å². The average molecular weight is 355 g/mol. The van der Waals surface area contributed by atoms with Crippen molar-refractivity contribution in [3.8, 4) is 0 Å². The summed E-state index contributed by atoms with van der Waals surface area (Å²) in [5.41, 5.74) is 2.74. The first kappa shape index (κ1) is 17.2. The van der Waals surface area contributed by atoms with Crippen molar-refractivity contribution in [1.82, 2.24) is 9.78 Å². The van der Waals surface area contributed by atoms with Gasteiger partial charge in [0.2, 0.25) is 0 Å². The van der Waals surface area contributed by atoms with Crippen LogP contribution in [0, 0.1) is 0 Å². The molecule has 0 spiro atoms. The molecule has 0 saturated heterocycles. The fourth-order valence-electron chi connectivity index (χ4n) is 2.60. The first-order valence-electron chi connectivity index (χ1n) is 8.25. The van der Waals surface area contributed by atoms with Crippen LogP contribution in [0.4, 0.5) is 5.69 Å². The van der Waals surface area contributed by atoms with Crippen molar-refractivity contribution in [3.63, 3.8) is 0 Å². The molecule has 2 aromatic carbocycles. The van der Waals surface area contributed by atoms with E-state index in [0.29, 0.717) is 12.2 Å². The first-order valence-corrected chi connectivity index (χ1v) is 9.73. The molecule has 0 atom stereocenters. The van der Waals surface area contributed by atoms with E-state index < -0.39 is 10.0 Å². The molecule has 0 saturated carbocycles. The Labute approximate surface area is 148 Å². The van der Waals surface area contributed by atoms with E-state index in [9.17, 15) is 8.42 Å².